The van der Waals surface area contributed by atoms with Crippen molar-refractivity contribution in [2.24, 2.45) is 11.3 Å². The van der Waals surface area contributed by atoms with Gasteiger partial charge in [0.1, 0.15) is 11.6 Å². The maximum absolute atomic E-state index is 14.0. The fourth-order valence-electron chi connectivity index (χ4n) is 3.09. The molecule has 2 rings (SSSR count). The maximum Gasteiger partial charge on any atom is 0.309 e. The first-order valence-electron chi connectivity index (χ1n) is 6.75. The van der Waals surface area contributed by atoms with Crippen molar-refractivity contribution < 1.29 is 18.7 Å². The number of hydrogen-bond donors (Lipinski definition) is 1. The van der Waals surface area contributed by atoms with Crippen molar-refractivity contribution in [2.45, 2.75) is 39.0 Å². The van der Waals surface area contributed by atoms with Crippen LogP contribution in [0.5, 0.6) is 0 Å². The van der Waals surface area contributed by atoms with Gasteiger partial charge in [0.15, 0.2) is 0 Å². The van der Waals surface area contributed by atoms with Crippen LogP contribution in [0.2, 0.25) is 0 Å². The second-order valence-corrected chi connectivity index (χ2v) is 6.46. The summed E-state index contributed by atoms with van der Waals surface area (Å²) in [6.45, 7) is 2.02. The number of hydrogen-bond acceptors (Lipinski definition) is 1. The fourth-order valence-corrected chi connectivity index (χ4v) is 3.46. The van der Waals surface area contributed by atoms with Crippen molar-refractivity contribution in [3.05, 3.63) is 33.8 Å². The van der Waals surface area contributed by atoms with E-state index in [0.29, 0.717) is 18.8 Å². The molecule has 5 heteroatoms. The largest absolute Gasteiger partial charge is 0.481 e. The van der Waals surface area contributed by atoms with Crippen LogP contribution < -0.4 is 0 Å². The average Bonchev–Trinajstić information content (AvgIpc) is 2.84. The van der Waals surface area contributed by atoms with Gasteiger partial charge >= 0.3 is 5.97 Å². The molecule has 110 valence electrons. The topological polar surface area (TPSA) is 37.3 Å². The molecular weight excluding hydrogens is 330 g/mol. The normalized spacial score (nSPS) is 25.9. The monoisotopic (exact) mass is 346 g/mol. The molecule has 0 spiro atoms. The summed E-state index contributed by atoms with van der Waals surface area (Å²) >= 11 is 3.02. The third-order valence-electron chi connectivity index (χ3n) is 4.40. The number of carboxylic acids is 1. The molecule has 2 unspecified atom stereocenters. The number of benzene rings is 1. The smallest absolute Gasteiger partial charge is 0.309 e. The van der Waals surface area contributed by atoms with E-state index in [4.69, 9.17) is 0 Å². The Morgan fingerprint density at radius 1 is 1.50 bits per heavy atom. The molecule has 1 aliphatic carbocycles. The van der Waals surface area contributed by atoms with Gasteiger partial charge in [-0.25, -0.2) is 8.78 Å². The number of halogens is 3. The molecule has 2 atom stereocenters. The molecule has 20 heavy (non-hydrogen) atoms. The van der Waals surface area contributed by atoms with Gasteiger partial charge in [-0.3, -0.25) is 4.79 Å². The predicted molar refractivity (Wildman–Crippen MR) is 75.5 cm³/mol. The van der Waals surface area contributed by atoms with Crippen LogP contribution in [0.1, 0.15) is 38.2 Å². The Morgan fingerprint density at radius 2 is 2.20 bits per heavy atom. The zero-order valence-corrected chi connectivity index (χ0v) is 12.8. The number of aliphatic carboxylic acids is 1. The molecular formula is C15H17BrF2O2. The van der Waals surface area contributed by atoms with Gasteiger partial charge in [0.05, 0.1) is 9.89 Å². The molecule has 0 saturated heterocycles. The Kier molecular flexibility index (Phi) is 4.47. The summed E-state index contributed by atoms with van der Waals surface area (Å²) in [5.41, 5.74) is -1.16. The zero-order chi connectivity index (χ0) is 14.9. The first-order chi connectivity index (χ1) is 9.39. The van der Waals surface area contributed by atoms with Crippen molar-refractivity contribution in [2.75, 3.05) is 0 Å². The lowest BCUT2D eigenvalue weighted by atomic mass is 9.79. The van der Waals surface area contributed by atoms with E-state index >= 15 is 0 Å². The number of carbonyl (C=O) groups is 1. The van der Waals surface area contributed by atoms with Gasteiger partial charge in [0, 0.05) is 5.56 Å². The summed E-state index contributed by atoms with van der Waals surface area (Å²) in [6.07, 6.45) is 2.59. The van der Waals surface area contributed by atoms with Crippen LogP contribution in [0.3, 0.4) is 0 Å². The molecule has 1 saturated carbocycles. The lowest BCUT2D eigenvalue weighted by molar-refractivity contribution is -0.148. The molecule has 0 bridgehead atoms. The van der Waals surface area contributed by atoms with Crippen molar-refractivity contribution in [3.63, 3.8) is 0 Å². The van der Waals surface area contributed by atoms with Crippen molar-refractivity contribution in [1.29, 1.82) is 0 Å². The average molecular weight is 347 g/mol. The Labute approximate surface area is 125 Å². The van der Waals surface area contributed by atoms with Crippen LogP contribution in [0.15, 0.2) is 16.6 Å². The minimum atomic E-state index is -1.04. The lowest BCUT2D eigenvalue weighted by Crippen LogP contribution is -2.31. The Bertz CT molecular complexity index is 533. The highest BCUT2D eigenvalue weighted by Crippen LogP contribution is 2.46. The fraction of sp³-hybridized carbons (Fsp3) is 0.533. The molecule has 0 heterocycles. The highest BCUT2D eigenvalue weighted by molar-refractivity contribution is 9.10. The first-order valence-corrected chi connectivity index (χ1v) is 7.54. The quantitative estimate of drug-likeness (QED) is 0.812. The van der Waals surface area contributed by atoms with E-state index in [1.807, 2.05) is 6.92 Å². The van der Waals surface area contributed by atoms with Gasteiger partial charge in [-0.1, -0.05) is 13.3 Å². The van der Waals surface area contributed by atoms with Crippen LogP contribution in [-0.4, -0.2) is 11.1 Å². The number of rotatable bonds is 4. The van der Waals surface area contributed by atoms with Gasteiger partial charge in [0.2, 0.25) is 0 Å². The van der Waals surface area contributed by atoms with E-state index in [1.54, 1.807) is 0 Å². The SMILES string of the molecule is CCC1CCC(Cc2c(F)ccc(Br)c2F)(C(=O)O)C1. The van der Waals surface area contributed by atoms with E-state index in [0.717, 1.165) is 12.8 Å². The molecule has 0 aromatic heterocycles. The second kappa shape index (κ2) is 5.80. The number of carboxylic acid groups (broad SMARTS) is 1. The van der Waals surface area contributed by atoms with Gasteiger partial charge in [0.25, 0.3) is 0 Å². The van der Waals surface area contributed by atoms with E-state index in [1.165, 1.54) is 12.1 Å². The Hall–Kier alpha value is -0.970. The summed E-state index contributed by atoms with van der Waals surface area (Å²) in [4.78, 5) is 11.6. The van der Waals surface area contributed by atoms with Crippen molar-refractivity contribution >= 4 is 21.9 Å². The van der Waals surface area contributed by atoms with E-state index < -0.39 is 23.0 Å². The summed E-state index contributed by atoms with van der Waals surface area (Å²) in [6, 6.07) is 2.47. The third kappa shape index (κ3) is 2.73. The van der Waals surface area contributed by atoms with E-state index in [9.17, 15) is 18.7 Å². The standard InChI is InChI=1S/C15H17BrF2O2/c1-2-9-5-6-15(7-9,14(19)20)8-10-12(17)4-3-11(16)13(10)18/h3-4,9H,2,5-8H2,1H3,(H,19,20). The van der Waals surface area contributed by atoms with Crippen molar-refractivity contribution in [3.8, 4) is 0 Å². The lowest BCUT2D eigenvalue weighted by Gasteiger charge is -2.25. The molecule has 0 aliphatic heterocycles. The van der Waals surface area contributed by atoms with Crippen LogP contribution in [0.25, 0.3) is 0 Å². The van der Waals surface area contributed by atoms with Crippen LogP contribution in [0, 0.1) is 23.0 Å². The molecule has 2 nitrogen and oxygen atoms in total. The van der Waals surface area contributed by atoms with E-state index in [-0.39, 0.29) is 16.5 Å². The summed E-state index contributed by atoms with van der Waals surface area (Å²) < 4.78 is 28.1. The molecule has 0 amide bonds. The second-order valence-electron chi connectivity index (χ2n) is 5.60. The van der Waals surface area contributed by atoms with Crippen LogP contribution >= 0.6 is 15.9 Å². The van der Waals surface area contributed by atoms with E-state index in [2.05, 4.69) is 15.9 Å². The predicted octanol–water partition coefficient (Wildman–Crippen LogP) is 4.55. The minimum absolute atomic E-state index is 0.0874. The van der Waals surface area contributed by atoms with Crippen LogP contribution in [-0.2, 0) is 11.2 Å². The van der Waals surface area contributed by atoms with Crippen molar-refractivity contribution in [1.82, 2.24) is 0 Å². The molecule has 1 aliphatic rings. The summed E-state index contributed by atoms with van der Waals surface area (Å²) in [7, 11) is 0. The third-order valence-corrected chi connectivity index (χ3v) is 5.01. The molecule has 1 N–H and O–H groups in total. The summed E-state index contributed by atoms with van der Waals surface area (Å²) in [5.74, 6) is -1.99. The van der Waals surface area contributed by atoms with Gasteiger partial charge in [-0.2, -0.15) is 0 Å². The highest BCUT2D eigenvalue weighted by atomic mass is 79.9. The first kappa shape index (κ1) is 15.4. The van der Waals surface area contributed by atoms with Crippen LogP contribution in [0.4, 0.5) is 8.78 Å². The molecule has 0 radical (unpaired) electrons. The Balaban J connectivity index is 2.36. The van der Waals surface area contributed by atoms with Gasteiger partial charge in [-0.15, -0.1) is 0 Å². The molecule has 1 fully saturated rings. The van der Waals surface area contributed by atoms with Gasteiger partial charge in [-0.05, 0) is 59.7 Å². The molecule has 1 aromatic rings. The minimum Gasteiger partial charge on any atom is -0.481 e. The van der Waals surface area contributed by atoms with Gasteiger partial charge < -0.3 is 5.11 Å². The Morgan fingerprint density at radius 3 is 2.75 bits per heavy atom. The summed E-state index contributed by atoms with van der Waals surface area (Å²) in [5, 5.41) is 9.53. The zero-order valence-electron chi connectivity index (χ0n) is 11.3. The highest BCUT2D eigenvalue weighted by Gasteiger charge is 2.45. The molecule has 1 aromatic carbocycles. The maximum atomic E-state index is 14.0.